The number of hydrogen-bond donors (Lipinski definition) is 0. The molecule has 3 heteroatoms. The third kappa shape index (κ3) is 4.38. The molecule has 0 radical (unpaired) electrons. The van der Waals surface area contributed by atoms with Gasteiger partial charge in [-0.15, -0.1) is 0 Å². The number of carbonyl (C=O) groups is 2. The number of hydrogen-bond acceptors (Lipinski definition) is 2. The van der Waals surface area contributed by atoms with Crippen LogP contribution in [0.15, 0.2) is 97.1 Å². The van der Waals surface area contributed by atoms with Crippen molar-refractivity contribution in [2.75, 3.05) is 0 Å². The molecule has 0 N–H and O–H groups in total. The topological polar surface area (TPSA) is 34.1 Å². The minimum absolute atomic E-state index is 0.0834. The standard InChI is InChI=1S/C33H29O2P/c1-4-9-24-16-20-27(21-17-24)36(32(34)30-22(2)14-18-25-10-5-7-12-28(25)30)33(35)31-23(3)15-19-26-11-6-8-13-29(26)31/h5-8,10-21H,4,9H2,1-3H3. The number of fused-ring (bicyclic) bond motifs is 2. The summed E-state index contributed by atoms with van der Waals surface area (Å²) in [7, 11) is -1.81. The Bertz CT molecular complexity index is 1500. The highest BCUT2D eigenvalue weighted by Gasteiger charge is 2.33. The monoisotopic (exact) mass is 488 g/mol. The normalized spacial score (nSPS) is 11.3. The fraction of sp³-hybridized carbons (Fsp3) is 0.152. The summed E-state index contributed by atoms with van der Waals surface area (Å²) >= 11 is 0. The minimum Gasteiger partial charge on any atom is -0.288 e. The van der Waals surface area contributed by atoms with E-state index in [-0.39, 0.29) is 11.0 Å². The van der Waals surface area contributed by atoms with E-state index < -0.39 is 7.92 Å². The molecule has 0 aliphatic rings. The Morgan fingerprint density at radius 3 is 1.56 bits per heavy atom. The van der Waals surface area contributed by atoms with Gasteiger partial charge in [0.2, 0.25) is 0 Å². The first-order valence-electron chi connectivity index (χ1n) is 12.4. The van der Waals surface area contributed by atoms with Crippen molar-refractivity contribution in [3.63, 3.8) is 0 Å². The Morgan fingerprint density at radius 1 is 0.611 bits per heavy atom. The Morgan fingerprint density at radius 2 is 1.08 bits per heavy atom. The lowest BCUT2D eigenvalue weighted by Gasteiger charge is -2.20. The van der Waals surface area contributed by atoms with Crippen LogP contribution < -0.4 is 5.30 Å². The van der Waals surface area contributed by atoms with E-state index in [1.165, 1.54) is 5.56 Å². The number of benzene rings is 5. The zero-order valence-electron chi connectivity index (χ0n) is 20.9. The van der Waals surface area contributed by atoms with Crippen molar-refractivity contribution in [1.82, 2.24) is 0 Å². The molecule has 0 atom stereocenters. The molecule has 5 aromatic carbocycles. The molecule has 2 nitrogen and oxygen atoms in total. The predicted molar refractivity (Wildman–Crippen MR) is 153 cm³/mol. The SMILES string of the molecule is CCCc1ccc(P(C(=O)c2c(C)ccc3ccccc23)C(=O)c2c(C)ccc3ccccc23)cc1. The van der Waals surface area contributed by atoms with Gasteiger partial charge in [-0.1, -0.05) is 110 Å². The molecule has 5 aromatic rings. The van der Waals surface area contributed by atoms with Crippen LogP contribution in [0.4, 0.5) is 0 Å². The third-order valence-corrected chi connectivity index (χ3v) is 8.92. The van der Waals surface area contributed by atoms with E-state index in [4.69, 9.17) is 0 Å². The van der Waals surface area contributed by atoms with Gasteiger partial charge in [-0.05, 0) is 63.8 Å². The highest BCUT2D eigenvalue weighted by Crippen LogP contribution is 2.46. The Hall–Kier alpha value is -3.61. The molecule has 0 amide bonds. The molecule has 0 aliphatic carbocycles. The molecular formula is C33H29O2P. The van der Waals surface area contributed by atoms with E-state index in [1.54, 1.807) is 0 Å². The molecule has 36 heavy (non-hydrogen) atoms. The zero-order valence-corrected chi connectivity index (χ0v) is 21.8. The van der Waals surface area contributed by atoms with Crippen molar-refractivity contribution >= 4 is 45.8 Å². The maximum atomic E-state index is 14.5. The lowest BCUT2D eigenvalue weighted by Crippen LogP contribution is -2.18. The summed E-state index contributed by atoms with van der Waals surface area (Å²) in [4.78, 5) is 28.9. The predicted octanol–water partition coefficient (Wildman–Crippen LogP) is 8.35. The van der Waals surface area contributed by atoms with Crippen LogP contribution in [0.5, 0.6) is 0 Å². The van der Waals surface area contributed by atoms with Crippen LogP contribution >= 0.6 is 7.92 Å². The molecule has 0 unspecified atom stereocenters. The first-order chi connectivity index (χ1) is 17.5. The van der Waals surface area contributed by atoms with Gasteiger partial charge in [0.25, 0.3) is 0 Å². The van der Waals surface area contributed by atoms with Crippen LogP contribution in [0.3, 0.4) is 0 Å². The molecule has 0 aromatic heterocycles. The molecule has 0 bridgehead atoms. The van der Waals surface area contributed by atoms with E-state index in [1.807, 2.05) is 98.8 Å². The van der Waals surface area contributed by atoms with Crippen molar-refractivity contribution in [2.24, 2.45) is 0 Å². The highest BCUT2D eigenvalue weighted by molar-refractivity contribution is 7.96. The molecule has 0 saturated heterocycles. The number of rotatable bonds is 7. The number of aryl methyl sites for hydroxylation is 3. The van der Waals surface area contributed by atoms with Gasteiger partial charge >= 0.3 is 0 Å². The Balaban J connectivity index is 1.72. The van der Waals surface area contributed by atoms with Gasteiger partial charge in [0.1, 0.15) is 0 Å². The summed E-state index contributed by atoms with van der Waals surface area (Å²) in [5.41, 5.74) is 4.16. The van der Waals surface area contributed by atoms with Crippen molar-refractivity contribution < 1.29 is 9.59 Å². The van der Waals surface area contributed by atoms with Crippen molar-refractivity contribution in [2.45, 2.75) is 33.6 Å². The lowest BCUT2D eigenvalue weighted by atomic mass is 10.0. The first kappa shape index (κ1) is 24.1. The van der Waals surface area contributed by atoms with Gasteiger partial charge in [0.05, 0.1) is 7.92 Å². The molecular weight excluding hydrogens is 459 g/mol. The number of carbonyl (C=O) groups excluding carboxylic acids is 2. The second kappa shape index (κ2) is 10.2. The van der Waals surface area contributed by atoms with Crippen molar-refractivity contribution in [1.29, 1.82) is 0 Å². The highest BCUT2D eigenvalue weighted by atomic mass is 31.1. The fourth-order valence-corrected chi connectivity index (χ4v) is 7.12. The first-order valence-corrected chi connectivity index (χ1v) is 13.8. The van der Waals surface area contributed by atoms with Crippen LogP contribution in [0.2, 0.25) is 0 Å². The Labute approximate surface area is 213 Å². The van der Waals surface area contributed by atoms with Crippen molar-refractivity contribution in [3.05, 3.63) is 125 Å². The summed E-state index contributed by atoms with van der Waals surface area (Å²) in [6, 6.07) is 32.1. The van der Waals surface area contributed by atoms with Gasteiger partial charge in [-0.3, -0.25) is 9.59 Å². The molecule has 0 aliphatic heterocycles. The van der Waals surface area contributed by atoms with Gasteiger partial charge in [-0.25, -0.2) is 0 Å². The Kier molecular flexibility index (Phi) is 6.81. The van der Waals surface area contributed by atoms with Gasteiger partial charge < -0.3 is 0 Å². The average Bonchev–Trinajstić information content (AvgIpc) is 2.89. The van der Waals surface area contributed by atoms with Crippen LogP contribution in [-0.2, 0) is 6.42 Å². The fourth-order valence-electron chi connectivity index (χ4n) is 4.98. The largest absolute Gasteiger partial charge is 0.288 e. The van der Waals surface area contributed by atoms with E-state index in [9.17, 15) is 9.59 Å². The molecule has 0 fully saturated rings. The minimum atomic E-state index is -1.81. The van der Waals surface area contributed by atoms with Crippen LogP contribution in [0.1, 0.15) is 50.8 Å². The zero-order chi connectivity index (χ0) is 25.2. The van der Waals surface area contributed by atoms with Crippen LogP contribution in [0, 0.1) is 13.8 Å². The van der Waals surface area contributed by atoms with Crippen LogP contribution in [0.25, 0.3) is 21.5 Å². The molecule has 5 rings (SSSR count). The maximum Gasteiger partial charge on any atom is 0.197 e. The molecule has 0 saturated carbocycles. The summed E-state index contributed by atoms with van der Waals surface area (Å²) in [5, 5.41) is 4.63. The average molecular weight is 489 g/mol. The van der Waals surface area contributed by atoms with E-state index in [0.29, 0.717) is 11.1 Å². The van der Waals surface area contributed by atoms with Gasteiger partial charge in [0.15, 0.2) is 11.0 Å². The van der Waals surface area contributed by atoms with Crippen molar-refractivity contribution in [3.8, 4) is 0 Å². The van der Waals surface area contributed by atoms with E-state index >= 15 is 0 Å². The lowest BCUT2D eigenvalue weighted by molar-refractivity contribution is 0.105. The second-order valence-electron chi connectivity index (χ2n) is 9.32. The van der Waals surface area contributed by atoms with Crippen LogP contribution in [-0.4, -0.2) is 11.0 Å². The third-order valence-electron chi connectivity index (χ3n) is 6.84. The summed E-state index contributed by atoms with van der Waals surface area (Å²) in [6.07, 6.45) is 2.03. The second-order valence-corrected chi connectivity index (χ2v) is 11.3. The van der Waals surface area contributed by atoms with E-state index in [0.717, 1.165) is 50.8 Å². The maximum absolute atomic E-state index is 14.5. The smallest absolute Gasteiger partial charge is 0.197 e. The summed E-state index contributed by atoms with van der Waals surface area (Å²) in [6.45, 7) is 6.08. The molecule has 0 spiro atoms. The quantitative estimate of drug-likeness (QED) is 0.216. The molecule has 178 valence electrons. The summed E-state index contributed by atoms with van der Waals surface area (Å²) < 4.78 is 0. The molecule has 0 heterocycles. The van der Waals surface area contributed by atoms with Gasteiger partial charge in [0, 0.05) is 11.1 Å². The van der Waals surface area contributed by atoms with Gasteiger partial charge in [-0.2, -0.15) is 0 Å². The van der Waals surface area contributed by atoms with E-state index in [2.05, 4.69) is 19.1 Å². The summed E-state index contributed by atoms with van der Waals surface area (Å²) in [5.74, 6) is 0.